The van der Waals surface area contributed by atoms with Crippen LogP contribution in [0.5, 0.6) is 0 Å². The minimum absolute atomic E-state index is 0. The molecule has 0 heterocycles. The first-order valence-electron chi connectivity index (χ1n) is 11.9. The zero-order chi connectivity index (χ0) is 48.6. The summed E-state index contributed by atoms with van der Waals surface area (Å²) in [7, 11) is 0. The molecule has 59 heavy (non-hydrogen) atoms. The summed E-state index contributed by atoms with van der Waals surface area (Å²) in [6, 6.07) is 0. The predicted octanol–water partition coefficient (Wildman–Crippen LogP) is 7.10. The summed E-state index contributed by atoms with van der Waals surface area (Å²) in [5.41, 5.74) is 0. The zero-order valence-corrected chi connectivity index (χ0v) is 27.3. The summed E-state index contributed by atoms with van der Waals surface area (Å²) in [4.78, 5) is 9.85. The van der Waals surface area contributed by atoms with E-state index in [0.29, 0.717) is 0 Å². The number of alkyl halides is 37. The third kappa shape index (κ3) is 6.59. The van der Waals surface area contributed by atoms with Crippen molar-refractivity contribution in [3.05, 3.63) is 0 Å². The molecule has 0 spiro atoms. The third-order valence-electron chi connectivity index (χ3n) is 6.92. The Balaban J connectivity index is 0. The zero-order valence-electron chi connectivity index (χ0n) is 25.3. The fourth-order valence-electron chi connectivity index (χ4n) is 3.26. The molecular formula is C19F37NaO2. The van der Waals surface area contributed by atoms with Crippen molar-refractivity contribution in [1.82, 2.24) is 0 Å². The number of carbonyl (C=O) groups excluding carboxylic acids is 1. The normalized spacial score (nSPS) is 16.9. The molecule has 0 saturated heterocycles. The summed E-state index contributed by atoms with van der Waals surface area (Å²) in [5, 5.41) is 9.85. The summed E-state index contributed by atoms with van der Waals surface area (Å²) < 4.78 is 496. The molecule has 0 unspecified atom stereocenters. The van der Waals surface area contributed by atoms with E-state index in [1.165, 1.54) is 0 Å². The van der Waals surface area contributed by atoms with Crippen molar-refractivity contribution < 1.29 is 202 Å². The van der Waals surface area contributed by atoms with Gasteiger partial charge < -0.3 is 9.90 Å². The topological polar surface area (TPSA) is 40.1 Å². The van der Waals surface area contributed by atoms with Gasteiger partial charge in [0.15, 0.2) is 0 Å². The Kier molecular flexibility index (Phi) is 14.2. The van der Waals surface area contributed by atoms with Crippen molar-refractivity contribution in [2.24, 2.45) is 0 Å². The molecule has 0 fully saturated rings. The molecule has 2 nitrogen and oxygen atoms in total. The quantitative estimate of drug-likeness (QED) is 0.115. The monoisotopic (exact) mass is 986 g/mol. The van der Waals surface area contributed by atoms with Gasteiger partial charge in [-0.2, -0.15) is 162 Å². The molecule has 0 aliphatic heterocycles. The van der Waals surface area contributed by atoms with Crippen LogP contribution in [-0.2, 0) is 4.79 Å². The number of aliphatic carboxylic acids is 1. The Labute approximate surface area is 315 Å². The Bertz CT molecular complexity index is 1550. The molecule has 0 saturated carbocycles. The summed E-state index contributed by atoms with van der Waals surface area (Å²) in [5.74, 6) is -173. The van der Waals surface area contributed by atoms with Crippen LogP contribution in [0.1, 0.15) is 0 Å². The van der Waals surface area contributed by atoms with E-state index < -0.39 is 113 Å². The first kappa shape index (κ1) is 59.0. The fraction of sp³-hybridized carbons (Fsp3) is 0.947. The molecule has 0 radical (unpaired) electrons. The van der Waals surface area contributed by atoms with Gasteiger partial charge in [0.1, 0.15) is 5.97 Å². The minimum atomic E-state index is -10.5. The van der Waals surface area contributed by atoms with E-state index >= 15 is 0 Å². The third-order valence-corrected chi connectivity index (χ3v) is 6.92. The van der Waals surface area contributed by atoms with Gasteiger partial charge in [0.25, 0.3) is 0 Å². The Morgan fingerprint density at radius 2 is 0.322 bits per heavy atom. The van der Waals surface area contributed by atoms with Gasteiger partial charge in [0.2, 0.25) is 0 Å². The number of rotatable bonds is 17. The first-order valence-corrected chi connectivity index (χ1v) is 11.9. The largest absolute Gasteiger partial charge is 1.00 e. The number of hydrogen-bond donors (Lipinski definition) is 0. The Morgan fingerprint density at radius 1 is 0.220 bits per heavy atom. The van der Waals surface area contributed by atoms with E-state index in [1.807, 2.05) is 0 Å². The maximum absolute atomic E-state index is 13.9. The molecule has 0 amide bonds. The molecule has 0 aromatic carbocycles. The summed E-state index contributed by atoms with van der Waals surface area (Å²) in [6.45, 7) is 0. The van der Waals surface area contributed by atoms with Gasteiger partial charge in [-0.1, -0.05) is 0 Å². The van der Waals surface area contributed by atoms with Crippen LogP contribution in [0.2, 0.25) is 0 Å². The molecule has 0 N–H and O–H groups in total. The fourth-order valence-corrected chi connectivity index (χ4v) is 3.26. The van der Waals surface area contributed by atoms with Crippen LogP contribution in [0.25, 0.3) is 0 Å². The van der Waals surface area contributed by atoms with E-state index in [-0.39, 0.29) is 29.6 Å². The summed E-state index contributed by atoms with van der Waals surface area (Å²) in [6.07, 6.45) is -8.48. The van der Waals surface area contributed by atoms with Gasteiger partial charge in [0.05, 0.1) is 0 Å². The van der Waals surface area contributed by atoms with Crippen molar-refractivity contribution >= 4 is 5.97 Å². The van der Waals surface area contributed by atoms with Gasteiger partial charge in [-0.3, -0.25) is 0 Å². The molecule has 0 aromatic rings. The van der Waals surface area contributed by atoms with Crippen LogP contribution in [0, 0.1) is 0 Å². The smallest absolute Gasteiger partial charge is 0.544 e. The van der Waals surface area contributed by atoms with E-state index in [2.05, 4.69) is 0 Å². The van der Waals surface area contributed by atoms with Gasteiger partial charge in [0, 0.05) is 0 Å². The standard InChI is InChI=1S/C19HF37O2.Na/c20-2(21,1(57)58)3(22,23)4(24,25)5(26,27)6(28,29)7(30,31)8(32,33)9(34,35)10(36,37)11(38,39)12(40,41)13(42,43)14(44,45)15(46,47)16(48,49)17(50,51)18(52,53)19(54,55)56;/h(H,57,58);/q;+1/p-1. The first-order chi connectivity index (χ1) is 24.2. The minimum Gasteiger partial charge on any atom is -0.544 e. The number of carboxylic acids is 1. The Hall–Kier alpha value is -2.12. The average Bonchev–Trinajstić information content (AvgIpc) is 2.98. The molecule has 0 aliphatic rings. The van der Waals surface area contributed by atoms with Crippen molar-refractivity contribution in [1.29, 1.82) is 0 Å². The van der Waals surface area contributed by atoms with Gasteiger partial charge in [-0.15, -0.1) is 0 Å². The van der Waals surface area contributed by atoms with Crippen molar-refractivity contribution in [3.63, 3.8) is 0 Å². The molecule has 0 atom stereocenters. The van der Waals surface area contributed by atoms with E-state index in [0.717, 1.165) is 0 Å². The Morgan fingerprint density at radius 3 is 0.424 bits per heavy atom. The second kappa shape index (κ2) is 14.2. The molecule has 40 heteroatoms. The van der Waals surface area contributed by atoms with Crippen LogP contribution >= 0.6 is 0 Å². The van der Waals surface area contributed by atoms with Gasteiger partial charge in [-0.25, -0.2) is 0 Å². The molecule has 0 bridgehead atoms. The SMILES string of the molecule is O=C([O-])C(F)(F)C(F)(F)C(F)(F)C(F)(F)C(F)(F)C(F)(F)C(F)(F)C(F)(F)C(F)(F)C(F)(F)C(F)(F)C(F)(F)C(F)(F)C(F)(F)C(F)(F)C(F)(F)C(F)(F)C(F)(F)F.[Na+]. The second-order valence-electron chi connectivity index (χ2n) is 10.5. The number of carbonyl (C=O) groups is 1. The van der Waals surface area contributed by atoms with Crippen molar-refractivity contribution in [2.75, 3.05) is 0 Å². The predicted molar refractivity (Wildman–Crippen MR) is 95.2 cm³/mol. The van der Waals surface area contributed by atoms with E-state index in [4.69, 9.17) is 0 Å². The average molecular weight is 986 g/mol. The maximum Gasteiger partial charge on any atom is 1.00 e. The molecule has 0 aromatic heterocycles. The van der Waals surface area contributed by atoms with E-state index in [9.17, 15) is 172 Å². The molecule has 0 aliphatic carbocycles. The number of halogens is 37. The summed E-state index contributed by atoms with van der Waals surface area (Å²) >= 11 is 0. The van der Waals surface area contributed by atoms with Crippen LogP contribution in [0.3, 0.4) is 0 Å². The molecule has 0 rings (SSSR count). The second-order valence-corrected chi connectivity index (χ2v) is 10.5. The number of hydrogen-bond acceptors (Lipinski definition) is 2. The molecule has 348 valence electrons. The van der Waals surface area contributed by atoms with Crippen LogP contribution in [0.4, 0.5) is 162 Å². The number of carboxylic acid groups (broad SMARTS) is 1. The van der Waals surface area contributed by atoms with Crippen molar-refractivity contribution in [2.45, 2.75) is 107 Å². The van der Waals surface area contributed by atoms with Gasteiger partial charge in [-0.05, 0) is 0 Å². The van der Waals surface area contributed by atoms with E-state index in [1.54, 1.807) is 0 Å². The van der Waals surface area contributed by atoms with Crippen LogP contribution < -0.4 is 34.7 Å². The van der Waals surface area contributed by atoms with Crippen LogP contribution in [-0.4, -0.2) is 113 Å². The maximum atomic E-state index is 13.9. The van der Waals surface area contributed by atoms with Gasteiger partial charge >= 0.3 is 136 Å². The van der Waals surface area contributed by atoms with Crippen molar-refractivity contribution in [3.8, 4) is 0 Å². The molecular weight excluding hydrogens is 986 g/mol. The van der Waals surface area contributed by atoms with Crippen LogP contribution in [0.15, 0.2) is 0 Å².